The van der Waals surface area contributed by atoms with Gasteiger partial charge >= 0.3 is 7.75 Å². The molecule has 0 amide bonds. The molecular weight excluding hydrogens is 236 g/mol. The molecule has 0 rings (SSSR count). The molecule has 0 aromatic rings. The van der Waals surface area contributed by atoms with Crippen LogP contribution < -0.4 is 0 Å². The van der Waals surface area contributed by atoms with E-state index < -0.39 is 7.75 Å². The lowest BCUT2D eigenvalue weighted by Gasteiger charge is -2.24. The molecule has 0 aliphatic carbocycles. The Hall–Kier alpha value is 0.690. The Balaban J connectivity index is 4.23. The quantitative estimate of drug-likeness (QED) is 0.553. The Morgan fingerprint density at radius 2 is 1.85 bits per heavy atom. The van der Waals surface area contributed by atoms with Crippen molar-refractivity contribution in [3.05, 3.63) is 0 Å². The molecule has 0 radical (unpaired) electrons. The van der Waals surface area contributed by atoms with Crippen molar-refractivity contribution in [1.29, 1.82) is 0 Å². The summed E-state index contributed by atoms with van der Waals surface area (Å²) in [5, 5.41) is 0. The van der Waals surface area contributed by atoms with Crippen molar-refractivity contribution >= 4 is 30.9 Å². The van der Waals surface area contributed by atoms with Gasteiger partial charge in [-0.15, -0.1) is 23.2 Å². The number of hydrogen-bond acceptors (Lipinski definition) is 2. The summed E-state index contributed by atoms with van der Waals surface area (Å²) >= 11 is 10.9. The molecule has 80 valence electrons. The monoisotopic (exact) mass is 249 g/mol. The predicted octanol–water partition coefficient (Wildman–Crippen LogP) is 1.90. The van der Waals surface area contributed by atoms with E-state index in [4.69, 9.17) is 27.7 Å². The Labute approximate surface area is 88.4 Å². The summed E-state index contributed by atoms with van der Waals surface area (Å²) in [4.78, 5) is 9.38. The zero-order valence-electron chi connectivity index (χ0n) is 7.45. The van der Waals surface area contributed by atoms with Crippen LogP contribution in [-0.2, 0) is 9.09 Å². The summed E-state index contributed by atoms with van der Waals surface area (Å²) in [7, 11) is -3.67. The second-order valence-electron chi connectivity index (χ2n) is 2.24. The molecule has 1 N–H and O–H groups in total. The lowest BCUT2D eigenvalue weighted by Crippen LogP contribution is -2.25. The molecule has 7 heteroatoms. The minimum Gasteiger partial charge on any atom is -0.312 e. The van der Waals surface area contributed by atoms with Crippen molar-refractivity contribution in [3.8, 4) is 0 Å². The number of halogens is 2. The number of hydrogen-bond donors (Lipinski definition) is 1. The molecule has 4 nitrogen and oxygen atoms in total. The largest absolute Gasteiger partial charge is 0.405 e. The van der Waals surface area contributed by atoms with Gasteiger partial charge in [-0.1, -0.05) is 0 Å². The van der Waals surface area contributed by atoms with Gasteiger partial charge in [-0.2, -0.15) is 0 Å². The van der Waals surface area contributed by atoms with E-state index in [2.05, 4.69) is 0 Å². The van der Waals surface area contributed by atoms with E-state index in [0.29, 0.717) is 13.1 Å². The molecule has 13 heavy (non-hydrogen) atoms. The SMILES string of the molecule is CCOP(=O)(O)N(CCCl)CCCl. The van der Waals surface area contributed by atoms with Gasteiger partial charge in [0.1, 0.15) is 0 Å². The second-order valence-corrected chi connectivity index (χ2v) is 4.80. The van der Waals surface area contributed by atoms with Gasteiger partial charge in [0, 0.05) is 24.8 Å². The lowest BCUT2D eigenvalue weighted by molar-refractivity contribution is 0.216. The molecule has 0 fully saturated rings. The van der Waals surface area contributed by atoms with Crippen LogP contribution in [0.1, 0.15) is 6.92 Å². The summed E-state index contributed by atoms with van der Waals surface area (Å²) in [5.74, 6) is 0.545. The highest BCUT2D eigenvalue weighted by Crippen LogP contribution is 2.45. The van der Waals surface area contributed by atoms with Crippen molar-refractivity contribution in [1.82, 2.24) is 4.67 Å². The zero-order valence-corrected chi connectivity index (χ0v) is 9.86. The highest BCUT2D eigenvalue weighted by Gasteiger charge is 2.27. The maximum atomic E-state index is 11.4. The minimum atomic E-state index is -3.67. The molecule has 0 heterocycles. The van der Waals surface area contributed by atoms with E-state index in [1.807, 2.05) is 0 Å². The summed E-state index contributed by atoms with van der Waals surface area (Å²) in [6.45, 7) is 2.43. The average molecular weight is 250 g/mol. The van der Waals surface area contributed by atoms with Crippen LogP contribution in [0.25, 0.3) is 0 Å². The molecular formula is C6H14Cl2NO3P. The van der Waals surface area contributed by atoms with Crippen LogP contribution in [0.2, 0.25) is 0 Å². The molecule has 0 aliphatic heterocycles. The van der Waals surface area contributed by atoms with E-state index >= 15 is 0 Å². The molecule has 1 unspecified atom stereocenters. The first kappa shape index (κ1) is 13.7. The van der Waals surface area contributed by atoms with E-state index in [1.54, 1.807) is 6.92 Å². The molecule has 0 aromatic carbocycles. The van der Waals surface area contributed by atoms with Crippen LogP contribution >= 0.6 is 30.9 Å². The first-order valence-electron chi connectivity index (χ1n) is 3.93. The lowest BCUT2D eigenvalue weighted by atomic mass is 10.6. The Kier molecular flexibility index (Phi) is 7.42. The van der Waals surface area contributed by atoms with Crippen molar-refractivity contribution in [2.24, 2.45) is 0 Å². The van der Waals surface area contributed by atoms with Gasteiger partial charge in [-0.05, 0) is 6.92 Å². The number of alkyl halides is 2. The van der Waals surface area contributed by atoms with Crippen LogP contribution in [0.15, 0.2) is 0 Å². The van der Waals surface area contributed by atoms with Gasteiger partial charge in [0.25, 0.3) is 0 Å². The highest BCUT2D eigenvalue weighted by molar-refractivity contribution is 7.50. The minimum absolute atomic E-state index is 0.189. The van der Waals surface area contributed by atoms with E-state index in [9.17, 15) is 9.46 Å². The van der Waals surface area contributed by atoms with Crippen molar-refractivity contribution < 1.29 is 14.0 Å². The van der Waals surface area contributed by atoms with Gasteiger partial charge in [-0.3, -0.25) is 4.52 Å². The Morgan fingerprint density at radius 3 is 2.15 bits per heavy atom. The molecule has 0 saturated carbocycles. The van der Waals surface area contributed by atoms with Gasteiger partial charge < -0.3 is 4.89 Å². The summed E-state index contributed by atoms with van der Waals surface area (Å²) in [5.41, 5.74) is 0. The third kappa shape index (κ3) is 5.21. The normalized spacial score (nSPS) is 16.1. The Morgan fingerprint density at radius 1 is 1.38 bits per heavy atom. The molecule has 0 spiro atoms. The van der Waals surface area contributed by atoms with E-state index in [0.717, 1.165) is 0 Å². The molecule has 0 aromatic heterocycles. The fourth-order valence-electron chi connectivity index (χ4n) is 0.809. The molecule has 0 bridgehead atoms. The van der Waals surface area contributed by atoms with Crippen molar-refractivity contribution in [2.45, 2.75) is 6.92 Å². The maximum Gasteiger partial charge on any atom is 0.405 e. The fourth-order valence-corrected chi connectivity index (χ4v) is 2.66. The second kappa shape index (κ2) is 7.04. The van der Waals surface area contributed by atoms with Crippen LogP contribution in [0.3, 0.4) is 0 Å². The number of rotatable bonds is 7. The maximum absolute atomic E-state index is 11.4. The summed E-state index contributed by atoms with van der Waals surface area (Å²) in [6.07, 6.45) is 0. The topological polar surface area (TPSA) is 49.8 Å². The van der Waals surface area contributed by atoms with E-state index in [-0.39, 0.29) is 18.4 Å². The predicted molar refractivity (Wildman–Crippen MR) is 54.5 cm³/mol. The zero-order chi connectivity index (χ0) is 10.3. The third-order valence-electron chi connectivity index (χ3n) is 1.34. The van der Waals surface area contributed by atoms with Crippen molar-refractivity contribution in [3.63, 3.8) is 0 Å². The molecule has 0 saturated heterocycles. The summed E-state index contributed by atoms with van der Waals surface area (Å²) in [6, 6.07) is 0. The van der Waals surface area contributed by atoms with Crippen molar-refractivity contribution in [2.75, 3.05) is 31.5 Å². The average Bonchev–Trinajstić information content (AvgIpc) is 2.04. The third-order valence-corrected chi connectivity index (χ3v) is 3.39. The van der Waals surface area contributed by atoms with E-state index in [1.165, 1.54) is 4.67 Å². The van der Waals surface area contributed by atoms with Gasteiger partial charge in [-0.25, -0.2) is 9.24 Å². The number of nitrogens with zero attached hydrogens (tertiary/aromatic N) is 1. The smallest absolute Gasteiger partial charge is 0.312 e. The molecule has 0 aliphatic rings. The van der Waals surface area contributed by atoms with Crippen LogP contribution in [0, 0.1) is 0 Å². The summed E-state index contributed by atoms with van der Waals surface area (Å²) < 4.78 is 17.4. The first-order valence-corrected chi connectivity index (χ1v) is 6.53. The van der Waals surface area contributed by atoms with Crippen LogP contribution in [0.4, 0.5) is 0 Å². The van der Waals surface area contributed by atoms with Gasteiger partial charge in [0.2, 0.25) is 0 Å². The van der Waals surface area contributed by atoms with Crippen LogP contribution in [0.5, 0.6) is 0 Å². The standard InChI is InChI=1S/C6H14Cl2NO3P/c1-2-12-13(10,11)9(5-3-7)6-4-8/h2-6H2,1H3,(H,10,11). The van der Waals surface area contributed by atoms with Gasteiger partial charge in [0.15, 0.2) is 0 Å². The fraction of sp³-hybridized carbons (Fsp3) is 1.00. The Bertz CT molecular complexity index is 175. The van der Waals surface area contributed by atoms with Gasteiger partial charge in [0.05, 0.1) is 6.61 Å². The molecule has 1 atom stereocenters. The first-order chi connectivity index (χ1) is 6.08. The highest BCUT2D eigenvalue weighted by atomic mass is 35.5. The van der Waals surface area contributed by atoms with Crippen LogP contribution in [-0.4, -0.2) is 41.0 Å².